The molecule has 22 heavy (non-hydrogen) atoms. The molecule has 0 aliphatic heterocycles. The first kappa shape index (κ1) is 21.5. The molecule has 0 radical (unpaired) electrons. The fourth-order valence-corrected chi connectivity index (χ4v) is 2.73. The first-order chi connectivity index (χ1) is 9.68. The molecule has 11 heteroatoms. The summed E-state index contributed by atoms with van der Waals surface area (Å²) < 4.78 is 115. The monoisotopic (exact) mass is 364 g/mol. The summed E-state index contributed by atoms with van der Waals surface area (Å²) in [5.74, 6) is 0. The zero-order valence-electron chi connectivity index (χ0n) is 11.8. The molecule has 134 valence electrons. The lowest BCUT2D eigenvalue weighted by atomic mass is 9.75. The third-order valence-electron chi connectivity index (χ3n) is 3.27. The van der Waals surface area contributed by atoms with Gasteiger partial charge in [0.1, 0.15) is 10.5 Å². The Balaban J connectivity index is 5.07. The molecular weight excluding hydrogens is 347 g/mol. The molecule has 0 fully saturated rings. The molecule has 1 nitrogen and oxygen atoms in total. The van der Waals surface area contributed by atoms with Crippen LogP contribution in [0, 0.1) is 5.41 Å². The number of alkyl halides is 9. The van der Waals surface area contributed by atoms with E-state index in [2.05, 4.69) is 0 Å². The maximum atomic E-state index is 12.3. The second kappa shape index (κ2) is 7.89. The molecule has 0 aliphatic rings. The number of hydrogen-bond donors (Lipinski definition) is 0. The normalized spacial score (nSPS) is 14.6. The molecule has 0 aromatic heterocycles. The Kier molecular flexibility index (Phi) is 7.73. The fourth-order valence-electron chi connectivity index (χ4n) is 2.12. The Labute approximate surface area is 124 Å². The first-order valence-electron chi connectivity index (χ1n) is 6.37. The third-order valence-corrected chi connectivity index (χ3v) is 3.56. The smallest absolute Gasteiger partial charge is 0.389 e. The predicted octanol–water partition coefficient (Wildman–Crippen LogP) is 4.30. The van der Waals surface area contributed by atoms with Crippen LogP contribution in [0.5, 0.6) is 0 Å². The average molecular weight is 364 g/mol. The fraction of sp³-hybridized carbons (Fsp3) is 1.00. The van der Waals surface area contributed by atoms with Crippen LogP contribution in [0.3, 0.4) is 0 Å². The summed E-state index contributed by atoms with van der Waals surface area (Å²) in [4.78, 5) is 0. The summed E-state index contributed by atoms with van der Waals surface area (Å²) >= 11 is 0. The van der Waals surface area contributed by atoms with Gasteiger partial charge in [-0.2, -0.15) is 39.5 Å². The maximum absolute atomic E-state index is 12.3. The quantitative estimate of drug-likeness (QED) is 0.461. The molecule has 0 aromatic rings. The van der Waals surface area contributed by atoms with Crippen LogP contribution in [0.2, 0.25) is 0 Å². The topological polar surface area (TPSA) is 9.23 Å². The highest BCUT2D eigenvalue weighted by Gasteiger charge is 2.41. The van der Waals surface area contributed by atoms with Gasteiger partial charge in [0.25, 0.3) is 0 Å². The van der Waals surface area contributed by atoms with E-state index in [4.69, 9.17) is 4.43 Å². The standard InChI is InChI=1S/C11H17F9OSi/c12-9(13,14)4-1-8(7-21-22,2-5-10(15,16)17)3-6-11(18,19)20/h1-7H2,22H3. The molecule has 0 heterocycles. The summed E-state index contributed by atoms with van der Waals surface area (Å²) in [7, 11) is 0.0153. The highest BCUT2D eigenvalue weighted by atomic mass is 28.2. The molecule has 0 saturated heterocycles. The van der Waals surface area contributed by atoms with Gasteiger partial charge in [-0.3, -0.25) is 0 Å². The minimum Gasteiger partial charge on any atom is -0.427 e. The van der Waals surface area contributed by atoms with Gasteiger partial charge in [0.2, 0.25) is 0 Å². The summed E-state index contributed by atoms with van der Waals surface area (Å²) in [6.07, 6.45) is -20.7. The van der Waals surface area contributed by atoms with Crippen molar-refractivity contribution in [3.63, 3.8) is 0 Å². The molecule has 0 aromatic carbocycles. The van der Waals surface area contributed by atoms with Gasteiger partial charge >= 0.3 is 18.5 Å². The number of halogens is 9. The molecule has 0 atom stereocenters. The Morgan fingerprint density at radius 1 is 0.545 bits per heavy atom. The van der Waals surface area contributed by atoms with E-state index in [0.717, 1.165) is 0 Å². The highest BCUT2D eigenvalue weighted by Crippen LogP contribution is 2.43. The zero-order valence-corrected chi connectivity index (χ0v) is 13.8. The Morgan fingerprint density at radius 2 is 0.818 bits per heavy atom. The lowest BCUT2D eigenvalue weighted by Gasteiger charge is -2.34. The minimum atomic E-state index is -4.65. The highest BCUT2D eigenvalue weighted by molar-refractivity contribution is 5.97. The van der Waals surface area contributed by atoms with Gasteiger partial charge < -0.3 is 4.43 Å². The van der Waals surface area contributed by atoms with Gasteiger partial charge in [-0.05, 0) is 24.7 Å². The van der Waals surface area contributed by atoms with Crippen molar-refractivity contribution in [3.8, 4) is 0 Å². The maximum Gasteiger partial charge on any atom is 0.389 e. The second-order valence-electron chi connectivity index (χ2n) is 5.28. The molecule has 0 spiro atoms. The van der Waals surface area contributed by atoms with Gasteiger partial charge in [0.15, 0.2) is 0 Å². The van der Waals surface area contributed by atoms with Crippen molar-refractivity contribution in [3.05, 3.63) is 0 Å². The minimum absolute atomic E-state index is 0.0153. The molecule has 0 bridgehead atoms. The number of hydrogen-bond acceptors (Lipinski definition) is 1. The van der Waals surface area contributed by atoms with E-state index in [0.29, 0.717) is 0 Å². The van der Waals surface area contributed by atoms with Gasteiger partial charge in [0.05, 0.1) is 0 Å². The van der Waals surface area contributed by atoms with Crippen molar-refractivity contribution >= 4 is 10.5 Å². The van der Waals surface area contributed by atoms with Crippen molar-refractivity contribution in [1.82, 2.24) is 0 Å². The summed E-state index contributed by atoms with van der Waals surface area (Å²) in [5, 5.41) is 0. The van der Waals surface area contributed by atoms with Crippen LogP contribution >= 0.6 is 0 Å². The van der Waals surface area contributed by atoms with Crippen molar-refractivity contribution in [2.75, 3.05) is 6.61 Å². The van der Waals surface area contributed by atoms with Crippen LogP contribution in [0.1, 0.15) is 38.5 Å². The molecule has 0 saturated carbocycles. The molecule has 0 unspecified atom stereocenters. The summed E-state index contributed by atoms with van der Waals surface area (Å²) in [5.41, 5.74) is -1.78. The van der Waals surface area contributed by atoms with Gasteiger partial charge in [-0.1, -0.05) is 0 Å². The molecule has 0 N–H and O–H groups in total. The average Bonchev–Trinajstić information content (AvgIpc) is 2.28. The Morgan fingerprint density at radius 3 is 1.00 bits per heavy atom. The van der Waals surface area contributed by atoms with Crippen molar-refractivity contribution in [2.45, 2.75) is 57.1 Å². The summed E-state index contributed by atoms with van der Waals surface area (Å²) in [6.45, 7) is -0.526. The van der Waals surface area contributed by atoms with E-state index in [-0.39, 0.29) is 10.5 Å². The lowest BCUT2D eigenvalue weighted by Crippen LogP contribution is -2.32. The third kappa shape index (κ3) is 11.2. The van der Waals surface area contributed by atoms with Crippen molar-refractivity contribution in [2.24, 2.45) is 5.41 Å². The number of rotatable bonds is 8. The molecule has 0 aliphatic carbocycles. The van der Waals surface area contributed by atoms with Crippen LogP contribution in [0.25, 0.3) is 0 Å². The summed E-state index contributed by atoms with van der Waals surface area (Å²) in [6, 6.07) is 0. The van der Waals surface area contributed by atoms with Crippen LogP contribution in [0.4, 0.5) is 39.5 Å². The van der Waals surface area contributed by atoms with Gasteiger partial charge in [0, 0.05) is 25.9 Å². The van der Waals surface area contributed by atoms with E-state index in [1.54, 1.807) is 0 Å². The van der Waals surface area contributed by atoms with Gasteiger partial charge in [-0.25, -0.2) is 0 Å². The van der Waals surface area contributed by atoms with E-state index < -0.39 is 69.1 Å². The lowest BCUT2D eigenvalue weighted by molar-refractivity contribution is -0.161. The zero-order chi connectivity index (χ0) is 17.7. The largest absolute Gasteiger partial charge is 0.427 e. The van der Waals surface area contributed by atoms with Crippen LogP contribution in [-0.2, 0) is 4.43 Å². The molecule has 0 amide bonds. The Hall–Kier alpha value is -0.453. The SMILES string of the molecule is FC(F)(F)CCC(CCC(F)(F)F)(CCC(F)(F)F)CO[SiH3]. The van der Waals surface area contributed by atoms with Crippen LogP contribution in [0.15, 0.2) is 0 Å². The van der Waals surface area contributed by atoms with Crippen molar-refractivity contribution < 1.29 is 43.9 Å². The van der Waals surface area contributed by atoms with Gasteiger partial charge in [-0.15, -0.1) is 0 Å². The van der Waals surface area contributed by atoms with Crippen molar-refractivity contribution in [1.29, 1.82) is 0 Å². The van der Waals surface area contributed by atoms with Crippen LogP contribution < -0.4 is 0 Å². The van der Waals surface area contributed by atoms with E-state index in [1.807, 2.05) is 0 Å². The van der Waals surface area contributed by atoms with E-state index in [9.17, 15) is 39.5 Å². The predicted molar refractivity (Wildman–Crippen MR) is 64.2 cm³/mol. The Bertz CT molecular complexity index is 275. The van der Waals surface area contributed by atoms with E-state index in [1.165, 1.54) is 0 Å². The first-order valence-corrected chi connectivity index (χ1v) is 7.19. The molecule has 0 rings (SSSR count). The second-order valence-corrected chi connectivity index (χ2v) is 5.86. The molecular formula is C11H17F9OSi. The van der Waals surface area contributed by atoms with E-state index >= 15 is 0 Å². The van der Waals surface area contributed by atoms with Crippen LogP contribution in [-0.4, -0.2) is 35.6 Å².